The third-order valence-electron chi connectivity index (χ3n) is 4.35. The van der Waals surface area contributed by atoms with Crippen LogP contribution in [0.25, 0.3) is 0 Å². The lowest BCUT2D eigenvalue weighted by molar-refractivity contribution is -0.141. The maximum atomic E-state index is 12.3. The van der Waals surface area contributed by atoms with Crippen molar-refractivity contribution in [1.29, 1.82) is 0 Å². The zero-order chi connectivity index (χ0) is 13.7. The normalized spacial score (nSPS) is 24.5. The van der Waals surface area contributed by atoms with Crippen molar-refractivity contribution < 1.29 is 9.59 Å². The Bertz CT molecular complexity index is 327. The van der Waals surface area contributed by atoms with Crippen LogP contribution in [0.2, 0.25) is 0 Å². The molecule has 2 rings (SSSR count). The SMILES string of the molecule is CNC(=O)C1CNCCN1C(=O)CCC1CCCC1. The molecule has 2 amide bonds. The quantitative estimate of drug-likeness (QED) is 0.780. The molecule has 0 bridgehead atoms. The van der Waals surface area contributed by atoms with Crippen LogP contribution in [0.15, 0.2) is 0 Å². The van der Waals surface area contributed by atoms with E-state index in [1.54, 1.807) is 11.9 Å². The number of piperazine rings is 1. The van der Waals surface area contributed by atoms with Crippen LogP contribution in [-0.2, 0) is 9.59 Å². The van der Waals surface area contributed by atoms with Crippen molar-refractivity contribution in [2.24, 2.45) is 5.92 Å². The fourth-order valence-electron chi connectivity index (χ4n) is 3.17. The molecule has 19 heavy (non-hydrogen) atoms. The Morgan fingerprint density at radius 2 is 2.05 bits per heavy atom. The highest BCUT2D eigenvalue weighted by Crippen LogP contribution is 2.28. The van der Waals surface area contributed by atoms with Gasteiger partial charge in [-0.05, 0) is 12.3 Å². The van der Waals surface area contributed by atoms with Gasteiger partial charge < -0.3 is 15.5 Å². The lowest BCUT2D eigenvalue weighted by Crippen LogP contribution is -2.59. The average Bonchev–Trinajstić information content (AvgIpc) is 2.97. The van der Waals surface area contributed by atoms with Gasteiger partial charge in [0.25, 0.3) is 0 Å². The highest BCUT2D eigenvalue weighted by molar-refractivity contribution is 5.88. The van der Waals surface area contributed by atoms with Gasteiger partial charge in [0.15, 0.2) is 0 Å². The number of rotatable bonds is 4. The summed E-state index contributed by atoms with van der Waals surface area (Å²) in [4.78, 5) is 25.9. The first-order valence-corrected chi connectivity index (χ1v) is 7.44. The maximum absolute atomic E-state index is 12.3. The maximum Gasteiger partial charge on any atom is 0.243 e. The van der Waals surface area contributed by atoms with E-state index in [0.717, 1.165) is 18.9 Å². The second-order valence-electron chi connectivity index (χ2n) is 5.61. The number of nitrogens with one attached hydrogen (secondary N) is 2. The third-order valence-corrected chi connectivity index (χ3v) is 4.35. The second kappa shape index (κ2) is 6.89. The molecule has 2 N–H and O–H groups in total. The molecule has 0 aromatic heterocycles. The van der Waals surface area contributed by atoms with E-state index in [9.17, 15) is 9.59 Å². The molecule has 1 unspecified atom stereocenters. The molecule has 1 saturated carbocycles. The molecule has 2 aliphatic rings. The number of hydrogen-bond acceptors (Lipinski definition) is 3. The van der Waals surface area contributed by atoms with Crippen molar-refractivity contribution in [3.63, 3.8) is 0 Å². The van der Waals surface area contributed by atoms with Crippen LogP contribution < -0.4 is 10.6 Å². The smallest absolute Gasteiger partial charge is 0.243 e. The summed E-state index contributed by atoms with van der Waals surface area (Å²) in [7, 11) is 1.62. The minimum absolute atomic E-state index is 0.0681. The minimum atomic E-state index is -0.338. The van der Waals surface area contributed by atoms with Gasteiger partial charge in [0.05, 0.1) is 0 Å². The summed E-state index contributed by atoms with van der Waals surface area (Å²) in [6.07, 6.45) is 6.75. The summed E-state index contributed by atoms with van der Waals surface area (Å²) in [6, 6.07) is -0.338. The summed E-state index contributed by atoms with van der Waals surface area (Å²) in [5.41, 5.74) is 0. The molecule has 1 heterocycles. The fourth-order valence-corrected chi connectivity index (χ4v) is 3.17. The summed E-state index contributed by atoms with van der Waals surface area (Å²) >= 11 is 0. The molecule has 1 aliphatic carbocycles. The van der Waals surface area contributed by atoms with E-state index in [1.165, 1.54) is 25.7 Å². The topological polar surface area (TPSA) is 61.4 Å². The number of likely N-dealkylation sites (N-methyl/N-ethyl adjacent to an activating group) is 1. The number of carbonyl (C=O) groups is 2. The highest BCUT2D eigenvalue weighted by atomic mass is 16.2. The molecular formula is C14H25N3O2. The van der Waals surface area contributed by atoms with Crippen molar-refractivity contribution in [3.05, 3.63) is 0 Å². The van der Waals surface area contributed by atoms with Gasteiger partial charge in [-0.2, -0.15) is 0 Å². The van der Waals surface area contributed by atoms with E-state index in [-0.39, 0.29) is 17.9 Å². The van der Waals surface area contributed by atoms with Crippen LogP contribution in [0.5, 0.6) is 0 Å². The molecule has 0 spiro atoms. The Labute approximate surface area is 115 Å². The first-order valence-electron chi connectivity index (χ1n) is 7.44. The zero-order valence-corrected chi connectivity index (χ0v) is 11.8. The Kier molecular flexibility index (Phi) is 5.19. The van der Waals surface area contributed by atoms with Crippen LogP contribution in [0.4, 0.5) is 0 Å². The number of carbonyl (C=O) groups excluding carboxylic acids is 2. The zero-order valence-electron chi connectivity index (χ0n) is 11.8. The summed E-state index contributed by atoms with van der Waals surface area (Å²) in [6.45, 7) is 1.99. The summed E-state index contributed by atoms with van der Waals surface area (Å²) in [5, 5.41) is 5.82. The van der Waals surface area contributed by atoms with Crippen molar-refractivity contribution >= 4 is 11.8 Å². The first kappa shape index (κ1) is 14.3. The predicted octanol–water partition coefficient (Wildman–Crippen LogP) is 0.503. The monoisotopic (exact) mass is 267 g/mol. The minimum Gasteiger partial charge on any atom is -0.357 e. The molecule has 5 nitrogen and oxygen atoms in total. The average molecular weight is 267 g/mol. The Morgan fingerprint density at radius 3 is 2.74 bits per heavy atom. The lowest BCUT2D eigenvalue weighted by atomic mass is 10.0. The van der Waals surface area contributed by atoms with Crippen molar-refractivity contribution in [3.8, 4) is 0 Å². The Balaban J connectivity index is 1.85. The van der Waals surface area contributed by atoms with Crippen molar-refractivity contribution in [2.75, 3.05) is 26.7 Å². The summed E-state index contributed by atoms with van der Waals surface area (Å²) < 4.78 is 0. The molecule has 2 fully saturated rings. The fraction of sp³-hybridized carbons (Fsp3) is 0.857. The van der Waals surface area contributed by atoms with Crippen LogP contribution in [0.1, 0.15) is 38.5 Å². The molecular weight excluding hydrogens is 242 g/mol. The van der Waals surface area contributed by atoms with E-state index in [4.69, 9.17) is 0 Å². The van der Waals surface area contributed by atoms with Crippen LogP contribution >= 0.6 is 0 Å². The number of amides is 2. The van der Waals surface area contributed by atoms with Gasteiger partial charge in [0.1, 0.15) is 6.04 Å². The largest absolute Gasteiger partial charge is 0.357 e. The van der Waals surface area contributed by atoms with E-state index >= 15 is 0 Å². The van der Waals surface area contributed by atoms with Crippen LogP contribution in [0, 0.1) is 5.92 Å². The first-order chi connectivity index (χ1) is 9.22. The molecule has 1 aliphatic heterocycles. The predicted molar refractivity (Wildman–Crippen MR) is 73.6 cm³/mol. The lowest BCUT2D eigenvalue weighted by Gasteiger charge is -2.35. The van der Waals surface area contributed by atoms with Crippen LogP contribution in [-0.4, -0.2) is 49.4 Å². The number of hydrogen-bond donors (Lipinski definition) is 2. The van der Waals surface area contributed by atoms with Gasteiger partial charge in [0, 0.05) is 33.1 Å². The van der Waals surface area contributed by atoms with Gasteiger partial charge in [-0.15, -0.1) is 0 Å². The van der Waals surface area contributed by atoms with Gasteiger partial charge in [-0.3, -0.25) is 9.59 Å². The van der Waals surface area contributed by atoms with E-state index in [2.05, 4.69) is 10.6 Å². The third kappa shape index (κ3) is 3.69. The molecule has 0 aromatic carbocycles. The standard InChI is InChI=1S/C14H25N3O2/c1-15-14(19)12-10-16-8-9-17(12)13(18)7-6-11-4-2-3-5-11/h11-12,16H,2-10H2,1H3,(H,15,19). The molecule has 5 heteroatoms. The van der Waals surface area contributed by atoms with Crippen molar-refractivity contribution in [2.45, 2.75) is 44.6 Å². The van der Waals surface area contributed by atoms with E-state index in [0.29, 0.717) is 19.5 Å². The van der Waals surface area contributed by atoms with Gasteiger partial charge >= 0.3 is 0 Å². The van der Waals surface area contributed by atoms with Gasteiger partial charge in [0.2, 0.25) is 11.8 Å². The van der Waals surface area contributed by atoms with Crippen LogP contribution in [0.3, 0.4) is 0 Å². The van der Waals surface area contributed by atoms with Crippen molar-refractivity contribution in [1.82, 2.24) is 15.5 Å². The molecule has 0 radical (unpaired) electrons. The molecule has 1 saturated heterocycles. The molecule has 108 valence electrons. The Hall–Kier alpha value is -1.10. The van der Waals surface area contributed by atoms with E-state index < -0.39 is 0 Å². The number of nitrogens with zero attached hydrogens (tertiary/aromatic N) is 1. The van der Waals surface area contributed by atoms with E-state index in [1.807, 2.05) is 0 Å². The second-order valence-corrected chi connectivity index (χ2v) is 5.61. The van der Waals surface area contributed by atoms with Gasteiger partial charge in [-0.1, -0.05) is 25.7 Å². The summed E-state index contributed by atoms with van der Waals surface area (Å²) in [5.74, 6) is 0.800. The molecule has 0 aromatic rings. The van der Waals surface area contributed by atoms with Gasteiger partial charge in [-0.25, -0.2) is 0 Å². The highest BCUT2D eigenvalue weighted by Gasteiger charge is 2.31. The molecule has 1 atom stereocenters. The Morgan fingerprint density at radius 1 is 1.32 bits per heavy atom.